The van der Waals surface area contributed by atoms with Gasteiger partial charge in [0.05, 0.1) is 12.2 Å². The van der Waals surface area contributed by atoms with Crippen molar-refractivity contribution in [1.29, 1.82) is 0 Å². The van der Waals surface area contributed by atoms with E-state index in [1.165, 1.54) is 69.8 Å². The first kappa shape index (κ1) is 19.5. The molecule has 1 aromatic rings. The predicted octanol–water partition coefficient (Wildman–Crippen LogP) is 6.78. The minimum absolute atomic E-state index is 0.603. The summed E-state index contributed by atoms with van der Waals surface area (Å²) in [6.45, 7) is 4.88. The topological polar surface area (TPSA) is 26.3 Å². The van der Waals surface area contributed by atoms with E-state index in [2.05, 4.69) is 19.1 Å². The molecule has 0 N–H and O–H groups in total. The standard InChI is InChI=1S/C24H36O2/c1-3-5-18-6-8-19(9-7-18)20-10-12-21(13-11-20)22-14-15-24(26-4-2)23(16-22)17-25/h14-21H,3-13H2,1-2H3. The van der Waals surface area contributed by atoms with Crippen molar-refractivity contribution in [2.24, 2.45) is 17.8 Å². The van der Waals surface area contributed by atoms with E-state index in [0.717, 1.165) is 29.8 Å². The monoisotopic (exact) mass is 356 g/mol. The van der Waals surface area contributed by atoms with Gasteiger partial charge in [0.15, 0.2) is 6.29 Å². The molecule has 0 amide bonds. The first-order valence-electron chi connectivity index (χ1n) is 11.0. The highest BCUT2D eigenvalue weighted by Gasteiger charge is 2.31. The van der Waals surface area contributed by atoms with Crippen molar-refractivity contribution in [2.75, 3.05) is 6.61 Å². The molecule has 144 valence electrons. The summed E-state index contributed by atoms with van der Waals surface area (Å²) < 4.78 is 5.56. The second-order valence-electron chi connectivity index (χ2n) is 8.53. The van der Waals surface area contributed by atoms with E-state index in [9.17, 15) is 4.79 Å². The summed E-state index contributed by atoms with van der Waals surface area (Å²) in [6, 6.07) is 6.24. The molecule has 0 aromatic heterocycles. The Bertz CT molecular complexity index is 564. The lowest BCUT2D eigenvalue weighted by molar-refractivity contribution is 0.111. The minimum Gasteiger partial charge on any atom is -0.493 e. The van der Waals surface area contributed by atoms with Gasteiger partial charge in [0.2, 0.25) is 0 Å². The molecule has 0 bridgehead atoms. The molecule has 1 aromatic carbocycles. The molecule has 26 heavy (non-hydrogen) atoms. The second kappa shape index (κ2) is 9.58. The summed E-state index contributed by atoms with van der Waals surface area (Å²) in [5.74, 6) is 4.29. The number of carbonyl (C=O) groups excluding carboxylic acids is 1. The van der Waals surface area contributed by atoms with Gasteiger partial charge in [-0.1, -0.05) is 38.7 Å². The number of aldehydes is 1. The molecule has 2 heteroatoms. The van der Waals surface area contributed by atoms with Crippen LogP contribution in [-0.4, -0.2) is 12.9 Å². The summed E-state index contributed by atoms with van der Waals surface area (Å²) >= 11 is 0. The van der Waals surface area contributed by atoms with Crippen LogP contribution in [0.5, 0.6) is 5.75 Å². The SMILES string of the molecule is CCCC1CCC(C2CCC(c3ccc(OCC)c(C=O)c3)CC2)CC1. The van der Waals surface area contributed by atoms with E-state index >= 15 is 0 Å². The molecule has 0 spiro atoms. The Labute approximate surface area is 159 Å². The van der Waals surface area contributed by atoms with Crippen molar-refractivity contribution in [3.05, 3.63) is 29.3 Å². The van der Waals surface area contributed by atoms with E-state index in [1.54, 1.807) is 0 Å². The Morgan fingerprint density at radius 1 is 0.962 bits per heavy atom. The molecule has 2 saturated carbocycles. The largest absolute Gasteiger partial charge is 0.493 e. The van der Waals surface area contributed by atoms with Crippen LogP contribution >= 0.6 is 0 Å². The van der Waals surface area contributed by atoms with Gasteiger partial charge in [-0.2, -0.15) is 0 Å². The van der Waals surface area contributed by atoms with E-state index in [4.69, 9.17) is 4.74 Å². The number of hydrogen-bond donors (Lipinski definition) is 0. The molecule has 2 aliphatic rings. The van der Waals surface area contributed by atoms with Crippen LogP contribution < -0.4 is 4.74 Å². The maximum absolute atomic E-state index is 11.4. The van der Waals surface area contributed by atoms with E-state index in [0.29, 0.717) is 18.1 Å². The maximum atomic E-state index is 11.4. The molecule has 0 unspecified atom stereocenters. The molecule has 3 rings (SSSR count). The van der Waals surface area contributed by atoms with Crippen LogP contribution in [0.15, 0.2) is 18.2 Å². The predicted molar refractivity (Wildman–Crippen MR) is 108 cm³/mol. The fourth-order valence-corrected chi connectivity index (χ4v) is 5.48. The zero-order valence-electron chi connectivity index (χ0n) is 16.7. The van der Waals surface area contributed by atoms with Gasteiger partial charge >= 0.3 is 0 Å². The van der Waals surface area contributed by atoms with E-state index < -0.39 is 0 Å². The normalized spacial score (nSPS) is 29.3. The number of rotatable bonds is 7. The quantitative estimate of drug-likeness (QED) is 0.503. The summed E-state index contributed by atoms with van der Waals surface area (Å²) in [6.07, 6.45) is 14.9. The fraction of sp³-hybridized carbons (Fsp3) is 0.708. The van der Waals surface area contributed by atoms with Crippen LogP contribution in [-0.2, 0) is 0 Å². The Morgan fingerprint density at radius 2 is 1.62 bits per heavy atom. The van der Waals surface area contributed by atoms with Gasteiger partial charge in [-0.05, 0) is 86.8 Å². The first-order chi connectivity index (χ1) is 12.7. The number of hydrogen-bond acceptors (Lipinski definition) is 2. The van der Waals surface area contributed by atoms with Crippen molar-refractivity contribution in [2.45, 2.75) is 84.0 Å². The highest BCUT2D eigenvalue weighted by Crippen LogP contribution is 2.44. The molecule has 0 heterocycles. The van der Waals surface area contributed by atoms with Crippen LogP contribution in [0.1, 0.15) is 99.9 Å². The smallest absolute Gasteiger partial charge is 0.153 e. The Kier molecular flexibility index (Phi) is 7.16. The van der Waals surface area contributed by atoms with Crippen molar-refractivity contribution < 1.29 is 9.53 Å². The molecule has 0 atom stereocenters. The van der Waals surface area contributed by atoms with Crippen LogP contribution in [0.3, 0.4) is 0 Å². The summed E-state index contributed by atoms with van der Waals surface area (Å²) in [4.78, 5) is 11.4. The van der Waals surface area contributed by atoms with Gasteiger partial charge < -0.3 is 4.74 Å². The lowest BCUT2D eigenvalue weighted by atomic mass is 9.68. The van der Waals surface area contributed by atoms with Crippen molar-refractivity contribution >= 4 is 6.29 Å². The second-order valence-corrected chi connectivity index (χ2v) is 8.53. The van der Waals surface area contributed by atoms with Crippen LogP contribution in [0.4, 0.5) is 0 Å². The van der Waals surface area contributed by atoms with Crippen molar-refractivity contribution in [1.82, 2.24) is 0 Å². The average Bonchev–Trinajstić information content (AvgIpc) is 2.69. The molecule has 0 saturated heterocycles. The Balaban J connectivity index is 1.53. The van der Waals surface area contributed by atoms with Crippen molar-refractivity contribution in [3.63, 3.8) is 0 Å². The zero-order valence-corrected chi connectivity index (χ0v) is 16.7. The molecule has 0 radical (unpaired) electrons. The van der Waals surface area contributed by atoms with Crippen LogP contribution in [0, 0.1) is 17.8 Å². The minimum atomic E-state index is 0.603. The van der Waals surface area contributed by atoms with Crippen LogP contribution in [0.25, 0.3) is 0 Å². The molecule has 2 fully saturated rings. The summed E-state index contributed by atoms with van der Waals surface area (Å²) in [7, 11) is 0. The third kappa shape index (κ3) is 4.69. The number of carbonyl (C=O) groups is 1. The van der Waals surface area contributed by atoms with Gasteiger partial charge in [-0.25, -0.2) is 0 Å². The number of benzene rings is 1. The summed E-state index contributed by atoms with van der Waals surface area (Å²) in [5, 5.41) is 0. The average molecular weight is 357 g/mol. The first-order valence-corrected chi connectivity index (χ1v) is 11.0. The highest BCUT2D eigenvalue weighted by atomic mass is 16.5. The Morgan fingerprint density at radius 3 is 2.19 bits per heavy atom. The Hall–Kier alpha value is -1.31. The summed E-state index contributed by atoms with van der Waals surface area (Å²) in [5.41, 5.74) is 2.04. The maximum Gasteiger partial charge on any atom is 0.153 e. The third-order valence-corrected chi connectivity index (χ3v) is 6.96. The lowest BCUT2D eigenvalue weighted by Crippen LogP contribution is -2.25. The number of ether oxygens (including phenoxy) is 1. The van der Waals surface area contributed by atoms with E-state index in [1.807, 2.05) is 13.0 Å². The third-order valence-electron chi connectivity index (χ3n) is 6.96. The molecular weight excluding hydrogens is 320 g/mol. The van der Waals surface area contributed by atoms with Gasteiger partial charge in [0, 0.05) is 0 Å². The van der Waals surface area contributed by atoms with Gasteiger partial charge in [0.25, 0.3) is 0 Å². The van der Waals surface area contributed by atoms with Crippen LogP contribution in [0.2, 0.25) is 0 Å². The van der Waals surface area contributed by atoms with Gasteiger partial charge in [-0.3, -0.25) is 4.79 Å². The fourth-order valence-electron chi connectivity index (χ4n) is 5.48. The van der Waals surface area contributed by atoms with Gasteiger partial charge in [-0.15, -0.1) is 0 Å². The molecule has 0 aliphatic heterocycles. The molecular formula is C24H36O2. The highest BCUT2D eigenvalue weighted by molar-refractivity contribution is 5.79. The molecule has 2 nitrogen and oxygen atoms in total. The van der Waals surface area contributed by atoms with Crippen molar-refractivity contribution in [3.8, 4) is 5.75 Å². The molecule has 2 aliphatic carbocycles. The van der Waals surface area contributed by atoms with Gasteiger partial charge in [0.1, 0.15) is 5.75 Å². The zero-order chi connectivity index (χ0) is 18.4. The lowest BCUT2D eigenvalue weighted by Gasteiger charge is -2.38. The van der Waals surface area contributed by atoms with E-state index in [-0.39, 0.29) is 0 Å².